The molecule has 5 rings (SSSR count). The van der Waals surface area contributed by atoms with Crippen molar-refractivity contribution < 1.29 is 5.11 Å². The van der Waals surface area contributed by atoms with Crippen molar-refractivity contribution in [3.05, 3.63) is 64.7 Å². The molecule has 3 heterocycles. The summed E-state index contributed by atoms with van der Waals surface area (Å²) in [6, 6.07) is 15.0. The lowest BCUT2D eigenvalue weighted by molar-refractivity contribution is 0.243. The van der Waals surface area contributed by atoms with Crippen LogP contribution in [0.15, 0.2) is 53.3 Å². The highest BCUT2D eigenvalue weighted by Gasteiger charge is 2.22. The number of para-hydroxylation sites is 3. The van der Waals surface area contributed by atoms with Crippen LogP contribution in [-0.4, -0.2) is 55.4 Å². The maximum Gasteiger partial charge on any atom is 0.262 e. The van der Waals surface area contributed by atoms with Gasteiger partial charge in [-0.2, -0.15) is 0 Å². The van der Waals surface area contributed by atoms with Crippen molar-refractivity contribution in [2.75, 3.05) is 31.1 Å². The van der Waals surface area contributed by atoms with Crippen LogP contribution in [0.3, 0.4) is 0 Å². The smallest absolute Gasteiger partial charge is 0.262 e. The summed E-state index contributed by atoms with van der Waals surface area (Å²) in [5.41, 5.74) is 1.64. The van der Waals surface area contributed by atoms with Crippen LogP contribution in [0.25, 0.3) is 16.7 Å². The summed E-state index contributed by atoms with van der Waals surface area (Å²) in [4.78, 5) is 17.1. The first-order valence-corrected chi connectivity index (χ1v) is 9.70. The van der Waals surface area contributed by atoms with E-state index >= 15 is 0 Å². The number of benzene rings is 2. The van der Waals surface area contributed by atoms with Gasteiger partial charge in [0.05, 0.1) is 23.1 Å². The lowest BCUT2D eigenvalue weighted by atomic mass is 10.2. The van der Waals surface area contributed by atoms with Gasteiger partial charge in [-0.3, -0.25) is 18.7 Å². The van der Waals surface area contributed by atoms with Crippen LogP contribution in [0, 0.1) is 0 Å². The molecule has 1 aliphatic rings. The largest absolute Gasteiger partial charge is 0.506 e. The summed E-state index contributed by atoms with van der Waals surface area (Å²) in [7, 11) is 1.73. The Morgan fingerprint density at radius 2 is 1.69 bits per heavy atom. The van der Waals surface area contributed by atoms with Gasteiger partial charge >= 0.3 is 0 Å². The van der Waals surface area contributed by atoms with Crippen molar-refractivity contribution in [1.82, 2.24) is 24.1 Å². The van der Waals surface area contributed by atoms with Crippen LogP contribution in [0.4, 0.5) is 5.69 Å². The molecule has 1 aliphatic heterocycles. The van der Waals surface area contributed by atoms with Crippen LogP contribution in [-0.2, 0) is 13.6 Å². The molecule has 0 aliphatic carbocycles. The van der Waals surface area contributed by atoms with E-state index in [4.69, 9.17) is 0 Å². The van der Waals surface area contributed by atoms with Crippen LogP contribution in [0.2, 0.25) is 0 Å². The van der Waals surface area contributed by atoms with Gasteiger partial charge in [0, 0.05) is 33.2 Å². The fourth-order valence-electron chi connectivity index (χ4n) is 4.07. The van der Waals surface area contributed by atoms with Crippen molar-refractivity contribution >= 4 is 22.4 Å². The van der Waals surface area contributed by atoms with E-state index in [0.29, 0.717) is 23.5 Å². The summed E-state index contributed by atoms with van der Waals surface area (Å²) < 4.78 is 3.53. The van der Waals surface area contributed by atoms with E-state index in [0.717, 1.165) is 43.2 Å². The molecule has 0 atom stereocenters. The van der Waals surface area contributed by atoms with Gasteiger partial charge in [-0.05, 0) is 24.3 Å². The number of hydrogen-bond donors (Lipinski definition) is 1. The van der Waals surface area contributed by atoms with E-state index in [2.05, 4.69) is 20.0 Å². The summed E-state index contributed by atoms with van der Waals surface area (Å²) in [5.74, 6) is 1.69. The normalized spacial score (nSPS) is 15.4. The Morgan fingerprint density at radius 3 is 2.48 bits per heavy atom. The Balaban J connectivity index is 1.42. The Morgan fingerprint density at radius 1 is 0.966 bits per heavy atom. The predicted octanol–water partition coefficient (Wildman–Crippen LogP) is 1.61. The third-order valence-electron chi connectivity index (χ3n) is 5.65. The number of phenolic OH excluding ortho intramolecular Hbond substituents is 1. The molecule has 1 saturated heterocycles. The molecule has 0 amide bonds. The third-order valence-corrected chi connectivity index (χ3v) is 5.65. The van der Waals surface area contributed by atoms with E-state index < -0.39 is 0 Å². The van der Waals surface area contributed by atoms with E-state index in [1.165, 1.54) is 0 Å². The molecule has 2 aromatic carbocycles. The monoisotopic (exact) mass is 390 g/mol. The average Bonchev–Trinajstić information content (AvgIpc) is 3.17. The van der Waals surface area contributed by atoms with Crippen molar-refractivity contribution in [1.29, 1.82) is 0 Å². The molecule has 0 unspecified atom stereocenters. The van der Waals surface area contributed by atoms with Gasteiger partial charge in [0.15, 0.2) is 5.82 Å². The summed E-state index contributed by atoms with van der Waals surface area (Å²) in [6.07, 6.45) is 0. The fraction of sp³-hybridized carbons (Fsp3) is 0.286. The average molecular weight is 390 g/mol. The van der Waals surface area contributed by atoms with Crippen molar-refractivity contribution in [3.63, 3.8) is 0 Å². The number of aromatic nitrogens is 4. The van der Waals surface area contributed by atoms with Gasteiger partial charge in [0.1, 0.15) is 5.75 Å². The predicted molar refractivity (Wildman–Crippen MR) is 111 cm³/mol. The number of nitrogens with zero attached hydrogens (tertiary/aromatic N) is 6. The summed E-state index contributed by atoms with van der Waals surface area (Å²) in [6.45, 7) is 4.01. The molecule has 29 heavy (non-hydrogen) atoms. The van der Waals surface area contributed by atoms with Crippen molar-refractivity contribution in [3.8, 4) is 5.75 Å². The zero-order chi connectivity index (χ0) is 20.0. The fourth-order valence-corrected chi connectivity index (χ4v) is 4.07. The highest BCUT2D eigenvalue weighted by Crippen LogP contribution is 2.27. The van der Waals surface area contributed by atoms with Gasteiger partial charge in [0.25, 0.3) is 5.56 Å². The van der Waals surface area contributed by atoms with Gasteiger partial charge in [-0.15, -0.1) is 10.2 Å². The molecule has 4 aromatic rings. The van der Waals surface area contributed by atoms with E-state index in [9.17, 15) is 9.90 Å². The molecule has 8 nitrogen and oxygen atoms in total. The molecule has 0 radical (unpaired) electrons. The minimum absolute atomic E-state index is 0.0664. The first-order valence-electron chi connectivity index (χ1n) is 9.70. The molecule has 0 saturated carbocycles. The molecule has 0 bridgehead atoms. The molecular weight excluding hydrogens is 368 g/mol. The first kappa shape index (κ1) is 17.7. The quantitative estimate of drug-likeness (QED) is 0.573. The SMILES string of the molecule is Cn1c(=O)c2ccccc2n2c(CN3CCN(c4ccccc4O)CC3)nnc12. The molecule has 0 spiro atoms. The molecule has 1 fully saturated rings. The number of fused-ring (bicyclic) bond motifs is 3. The molecule has 1 N–H and O–H groups in total. The second kappa shape index (κ2) is 6.89. The standard InChI is InChI=1S/C21H22N6O2/c1-24-20(29)15-6-2-3-7-16(15)27-19(22-23-21(24)27)14-25-10-12-26(13-11-25)17-8-4-5-9-18(17)28/h2-9,28H,10-14H2,1H3. The summed E-state index contributed by atoms with van der Waals surface area (Å²) in [5, 5.41) is 19.4. The highest BCUT2D eigenvalue weighted by molar-refractivity contribution is 5.80. The van der Waals surface area contributed by atoms with Gasteiger partial charge in [-0.25, -0.2) is 0 Å². The minimum Gasteiger partial charge on any atom is -0.506 e. The summed E-state index contributed by atoms with van der Waals surface area (Å²) >= 11 is 0. The van der Waals surface area contributed by atoms with Crippen molar-refractivity contribution in [2.24, 2.45) is 7.05 Å². The zero-order valence-corrected chi connectivity index (χ0v) is 16.2. The lowest BCUT2D eigenvalue weighted by Gasteiger charge is -2.35. The second-order valence-electron chi connectivity index (χ2n) is 7.38. The number of anilines is 1. The van der Waals surface area contributed by atoms with E-state index in [-0.39, 0.29) is 5.56 Å². The minimum atomic E-state index is -0.0664. The molecular formula is C21H22N6O2. The number of aromatic hydroxyl groups is 1. The van der Waals surface area contributed by atoms with Crippen LogP contribution in [0.1, 0.15) is 5.82 Å². The number of phenols is 1. The van der Waals surface area contributed by atoms with Gasteiger partial charge < -0.3 is 10.0 Å². The Bertz CT molecular complexity index is 1250. The maximum atomic E-state index is 12.6. The van der Waals surface area contributed by atoms with E-state index in [1.807, 2.05) is 46.9 Å². The third kappa shape index (κ3) is 2.92. The lowest BCUT2D eigenvalue weighted by Crippen LogP contribution is -2.46. The maximum absolute atomic E-state index is 12.6. The zero-order valence-electron chi connectivity index (χ0n) is 16.2. The Hall–Kier alpha value is -3.39. The molecule has 8 heteroatoms. The highest BCUT2D eigenvalue weighted by atomic mass is 16.3. The van der Waals surface area contributed by atoms with Gasteiger partial charge in [-0.1, -0.05) is 24.3 Å². The Kier molecular flexibility index (Phi) is 4.21. The number of hydrogen-bond acceptors (Lipinski definition) is 6. The number of rotatable bonds is 3. The van der Waals surface area contributed by atoms with Gasteiger partial charge in [0.2, 0.25) is 5.78 Å². The van der Waals surface area contributed by atoms with E-state index in [1.54, 1.807) is 17.7 Å². The topological polar surface area (TPSA) is 78.9 Å². The van der Waals surface area contributed by atoms with Crippen LogP contribution < -0.4 is 10.5 Å². The number of piperazine rings is 1. The first-order chi connectivity index (χ1) is 14.1. The van der Waals surface area contributed by atoms with Crippen LogP contribution >= 0.6 is 0 Å². The number of aryl methyl sites for hydroxylation is 1. The van der Waals surface area contributed by atoms with Crippen molar-refractivity contribution in [2.45, 2.75) is 6.54 Å². The van der Waals surface area contributed by atoms with Crippen LogP contribution in [0.5, 0.6) is 5.75 Å². The molecule has 148 valence electrons. The Labute approximate surface area is 167 Å². The molecule has 2 aromatic heterocycles. The second-order valence-corrected chi connectivity index (χ2v) is 7.38.